The molecular weight excluding hydrogens is 176 g/mol. The van der Waals surface area contributed by atoms with Crippen LogP contribution in [0.25, 0.3) is 0 Å². The SMILES string of the molecule is CCc1cc(CC)n(CC(C)OC)n1. The quantitative estimate of drug-likeness (QED) is 0.720. The van der Waals surface area contributed by atoms with Gasteiger partial charge < -0.3 is 4.74 Å². The normalized spacial score (nSPS) is 13.1. The van der Waals surface area contributed by atoms with Crippen LogP contribution in [0.2, 0.25) is 0 Å². The predicted molar refractivity (Wildman–Crippen MR) is 57.5 cm³/mol. The van der Waals surface area contributed by atoms with E-state index in [0.29, 0.717) is 0 Å². The van der Waals surface area contributed by atoms with Crippen molar-refractivity contribution in [1.29, 1.82) is 0 Å². The van der Waals surface area contributed by atoms with E-state index in [4.69, 9.17) is 4.74 Å². The van der Waals surface area contributed by atoms with Crippen molar-refractivity contribution in [2.75, 3.05) is 7.11 Å². The highest BCUT2D eigenvalue weighted by atomic mass is 16.5. The maximum Gasteiger partial charge on any atom is 0.0739 e. The fourth-order valence-corrected chi connectivity index (χ4v) is 1.45. The van der Waals surface area contributed by atoms with E-state index in [0.717, 1.165) is 19.4 Å². The molecule has 1 aromatic heterocycles. The molecule has 0 aliphatic heterocycles. The van der Waals surface area contributed by atoms with Crippen LogP contribution in [0, 0.1) is 0 Å². The number of hydrogen-bond donors (Lipinski definition) is 0. The van der Waals surface area contributed by atoms with Crippen molar-refractivity contribution in [3.63, 3.8) is 0 Å². The second-order valence-electron chi connectivity index (χ2n) is 3.56. The first-order valence-corrected chi connectivity index (χ1v) is 5.29. The zero-order chi connectivity index (χ0) is 10.6. The van der Waals surface area contributed by atoms with E-state index in [2.05, 4.69) is 36.6 Å². The van der Waals surface area contributed by atoms with E-state index in [-0.39, 0.29) is 6.10 Å². The summed E-state index contributed by atoms with van der Waals surface area (Å²) in [7, 11) is 1.74. The largest absolute Gasteiger partial charge is 0.380 e. The zero-order valence-corrected chi connectivity index (χ0v) is 9.58. The fourth-order valence-electron chi connectivity index (χ4n) is 1.45. The molecule has 1 heterocycles. The molecule has 0 spiro atoms. The highest BCUT2D eigenvalue weighted by molar-refractivity contribution is 5.10. The first-order valence-electron chi connectivity index (χ1n) is 5.29. The van der Waals surface area contributed by atoms with Gasteiger partial charge in [0.2, 0.25) is 0 Å². The van der Waals surface area contributed by atoms with Gasteiger partial charge in [0.1, 0.15) is 0 Å². The summed E-state index contributed by atoms with van der Waals surface area (Å²) in [6, 6.07) is 2.18. The second-order valence-corrected chi connectivity index (χ2v) is 3.56. The number of methoxy groups -OCH3 is 1. The standard InChI is InChI=1S/C11H20N2O/c1-5-10-7-11(6-2)13(12-10)8-9(3)14-4/h7,9H,5-6,8H2,1-4H3. The van der Waals surface area contributed by atoms with Crippen LogP contribution < -0.4 is 0 Å². The molecule has 0 N–H and O–H groups in total. The number of aryl methyl sites for hydroxylation is 2. The van der Waals surface area contributed by atoms with Gasteiger partial charge >= 0.3 is 0 Å². The Kier molecular flexibility index (Phi) is 4.14. The molecule has 0 aliphatic carbocycles. The molecule has 14 heavy (non-hydrogen) atoms. The van der Waals surface area contributed by atoms with E-state index in [1.54, 1.807) is 7.11 Å². The lowest BCUT2D eigenvalue weighted by molar-refractivity contribution is 0.0989. The lowest BCUT2D eigenvalue weighted by Crippen LogP contribution is -2.17. The van der Waals surface area contributed by atoms with Gasteiger partial charge in [-0.25, -0.2) is 0 Å². The van der Waals surface area contributed by atoms with Crippen molar-refractivity contribution in [1.82, 2.24) is 9.78 Å². The van der Waals surface area contributed by atoms with Gasteiger partial charge in [-0.3, -0.25) is 4.68 Å². The lowest BCUT2D eigenvalue weighted by Gasteiger charge is -2.11. The average Bonchev–Trinajstić information content (AvgIpc) is 2.60. The molecule has 0 aromatic carbocycles. The third kappa shape index (κ3) is 2.58. The van der Waals surface area contributed by atoms with Gasteiger partial charge in [-0.05, 0) is 25.8 Å². The number of nitrogens with zero attached hydrogens (tertiary/aromatic N) is 2. The third-order valence-electron chi connectivity index (χ3n) is 2.47. The van der Waals surface area contributed by atoms with Crippen LogP contribution in [0.1, 0.15) is 32.2 Å². The van der Waals surface area contributed by atoms with E-state index in [1.165, 1.54) is 11.4 Å². The van der Waals surface area contributed by atoms with Crippen molar-refractivity contribution in [3.8, 4) is 0 Å². The summed E-state index contributed by atoms with van der Waals surface area (Å²) >= 11 is 0. The summed E-state index contributed by atoms with van der Waals surface area (Å²) < 4.78 is 7.30. The first-order chi connectivity index (χ1) is 6.71. The van der Waals surface area contributed by atoms with Crippen LogP contribution in [-0.4, -0.2) is 23.0 Å². The molecule has 3 nitrogen and oxygen atoms in total. The molecule has 1 aromatic rings. The molecule has 0 aliphatic rings. The van der Waals surface area contributed by atoms with Crippen molar-refractivity contribution in [2.45, 2.75) is 46.3 Å². The van der Waals surface area contributed by atoms with Gasteiger partial charge in [0.05, 0.1) is 18.3 Å². The maximum atomic E-state index is 5.24. The Balaban J connectivity index is 2.78. The number of aromatic nitrogens is 2. The monoisotopic (exact) mass is 196 g/mol. The van der Waals surface area contributed by atoms with Crippen molar-refractivity contribution < 1.29 is 4.74 Å². The molecule has 1 unspecified atom stereocenters. The Morgan fingerprint density at radius 3 is 2.64 bits per heavy atom. The van der Waals surface area contributed by atoms with Crippen LogP contribution in [0.4, 0.5) is 0 Å². The minimum absolute atomic E-state index is 0.227. The van der Waals surface area contributed by atoms with E-state index >= 15 is 0 Å². The van der Waals surface area contributed by atoms with Gasteiger partial charge in [0.25, 0.3) is 0 Å². The molecule has 0 fully saturated rings. The van der Waals surface area contributed by atoms with Gasteiger partial charge in [0.15, 0.2) is 0 Å². The van der Waals surface area contributed by atoms with Crippen molar-refractivity contribution in [3.05, 3.63) is 17.5 Å². The molecule has 3 heteroatoms. The van der Waals surface area contributed by atoms with E-state index in [1.807, 2.05) is 0 Å². The molecule has 1 atom stereocenters. The molecule has 0 bridgehead atoms. The van der Waals surface area contributed by atoms with E-state index < -0.39 is 0 Å². The highest BCUT2D eigenvalue weighted by Gasteiger charge is 2.08. The topological polar surface area (TPSA) is 27.1 Å². The number of hydrogen-bond acceptors (Lipinski definition) is 2. The van der Waals surface area contributed by atoms with Crippen LogP contribution in [0.15, 0.2) is 6.07 Å². The Morgan fingerprint density at radius 1 is 1.43 bits per heavy atom. The molecule has 0 radical (unpaired) electrons. The fraction of sp³-hybridized carbons (Fsp3) is 0.727. The molecular formula is C11H20N2O. The summed E-state index contributed by atoms with van der Waals surface area (Å²) in [5.74, 6) is 0. The molecule has 80 valence electrons. The van der Waals surface area contributed by atoms with Crippen molar-refractivity contribution in [2.24, 2.45) is 0 Å². The molecule has 0 saturated heterocycles. The Bertz CT molecular complexity index is 281. The predicted octanol–water partition coefficient (Wildman–Crippen LogP) is 2.04. The summed E-state index contributed by atoms with van der Waals surface area (Å²) in [5.41, 5.74) is 2.47. The van der Waals surface area contributed by atoms with Crippen LogP contribution in [0.5, 0.6) is 0 Å². The van der Waals surface area contributed by atoms with Gasteiger partial charge in [0, 0.05) is 12.8 Å². The summed E-state index contributed by atoms with van der Waals surface area (Å²) in [4.78, 5) is 0. The van der Waals surface area contributed by atoms with Crippen molar-refractivity contribution >= 4 is 0 Å². The smallest absolute Gasteiger partial charge is 0.0739 e. The molecule has 0 saturated carbocycles. The number of rotatable bonds is 5. The summed E-state index contributed by atoms with van der Waals surface area (Å²) in [6.45, 7) is 7.20. The average molecular weight is 196 g/mol. The van der Waals surface area contributed by atoms with Crippen LogP contribution in [0.3, 0.4) is 0 Å². The Labute approximate surface area is 86.1 Å². The molecule has 1 rings (SSSR count). The number of ether oxygens (including phenoxy) is 1. The van der Waals surface area contributed by atoms with Crippen LogP contribution in [-0.2, 0) is 24.1 Å². The third-order valence-corrected chi connectivity index (χ3v) is 2.47. The lowest BCUT2D eigenvalue weighted by atomic mass is 10.2. The Morgan fingerprint density at radius 2 is 2.14 bits per heavy atom. The minimum atomic E-state index is 0.227. The first kappa shape index (κ1) is 11.2. The van der Waals surface area contributed by atoms with Gasteiger partial charge in [-0.15, -0.1) is 0 Å². The van der Waals surface area contributed by atoms with Crippen LogP contribution >= 0.6 is 0 Å². The van der Waals surface area contributed by atoms with Gasteiger partial charge in [-0.2, -0.15) is 5.10 Å². The van der Waals surface area contributed by atoms with E-state index in [9.17, 15) is 0 Å². The zero-order valence-electron chi connectivity index (χ0n) is 9.58. The minimum Gasteiger partial charge on any atom is -0.380 e. The summed E-state index contributed by atoms with van der Waals surface area (Å²) in [6.07, 6.45) is 2.26. The summed E-state index contributed by atoms with van der Waals surface area (Å²) in [5, 5.41) is 4.52. The molecule has 0 amide bonds. The Hall–Kier alpha value is -0.830. The maximum absolute atomic E-state index is 5.24. The van der Waals surface area contributed by atoms with Gasteiger partial charge in [-0.1, -0.05) is 13.8 Å². The highest BCUT2D eigenvalue weighted by Crippen LogP contribution is 2.07. The second kappa shape index (κ2) is 5.15.